The van der Waals surface area contributed by atoms with Crippen LogP contribution in [0.2, 0.25) is 0 Å². The van der Waals surface area contributed by atoms with Gasteiger partial charge in [0, 0.05) is 18.6 Å². The molecule has 0 aromatic carbocycles. The Morgan fingerprint density at radius 1 is 1.71 bits per heavy atom. The van der Waals surface area contributed by atoms with Gasteiger partial charge in [-0.05, 0) is 26.4 Å². The van der Waals surface area contributed by atoms with E-state index in [4.69, 9.17) is 5.11 Å². The lowest BCUT2D eigenvalue weighted by Gasteiger charge is -2.32. The first kappa shape index (κ1) is 11.5. The van der Waals surface area contributed by atoms with Crippen molar-refractivity contribution >= 4 is 5.97 Å². The van der Waals surface area contributed by atoms with Crippen LogP contribution in [0, 0.1) is 0 Å². The molecule has 4 heteroatoms. The van der Waals surface area contributed by atoms with Crippen LogP contribution in [0.4, 0.5) is 0 Å². The highest BCUT2D eigenvalue weighted by Crippen LogP contribution is 2.13. The fourth-order valence-electron chi connectivity index (χ4n) is 2.22. The molecule has 14 heavy (non-hydrogen) atoms. The van der Waals surface area contributed by atoms with E-state index in [9.17, 15) is 4.79 Å². The Labute approximate surface area is 85.3 Å². The minimum atomic E-state index is -0.707. The average molecular weight is 200 g/mol. The zero-order chi connectivity index (χ0) is 10.6. The predicted molar refractivity (Wildman–Crippen MR) is 55.4 cm³/mol. The van der Waals surface area contributed by atoms with Gasteiger partial charge in [-0.1, -0.05) is 6.92 Å². The Morgan fingerprint density at radius 3 is 2.86 bits per heavy atom. The van der Waals surface area contributed by atoms with Gasteiger partial charge in [0.1, 0.15) is 0 Å². The second kappa shape index (κ2) is 5.32. The number of rotatable bonds is 5. The molecule has 1 fully saturated rings. The molecule has 0 spiro atoms. The standard InChI is InChI=1S/C10H20N2O2/c1-3-12(8(2)6-10(13)14)9-4-5-11-7-9/h8-9,11H,3-7H2,1-2H3,(H,13,14). The number of carboxylic acid groups (broad SMARTS) is 1. The zero-order valence-electron chi connectivity index (χ0n) is 8.99. The van der Waals surface area contributed by atoms with Gasteiger partial charge in [0.25, 0.3) is 0 Å². The summed E-state index contributed by atoms with van der Waals surface area (Å²) < 4.78 is 0. The van der Waals surface area contributed by atoms with E-state index in [2.05, 4.69) is 17.1 Å². The fourth-order valence-corrected chi connectivity index (χ4v) is 2.22. The maximum atomic E-state index is 10.6. The van der Waals surface area contributed by atoms with Gasteiger partial charge in [0.05, 0.1) is 6.42 Å². The third kappa shape index (κ3) is 2.96. The molecule has 2 atom stereocenters. The number of nitrogens with zero attached hydrogens (tertiary/aromatic N) is 1. The van der Waals surface area contributed by atoms with Crippen LogP contribution in [0.15, 0.2) is 0 Å². The van der Waals surface area contributed by atoms with Gasteiger partial charge in [-0.3, -0.25) is 9.69 Å². The summed E-state index contributed by atoms with van der Waals surface area (Å²) in [7, 11) is 0. The minimum Gasteiger partial charge on any atom is -0.481 e. The molecule has 0 saturated carbocycles. The number of hydrogen-bond acceptors (Lipinski definition) is 3. The third-order valence-electron chi connectivity index (χ3n) is 2.90. The summed E-state index contributed by atoms with van der Waals surface area (Å²) in [5, 5.41) is 12.0. The summed E-state index contributed by atoms with van der Waals surface area (Å²) in [4.78, 5) is 12.9. The molecular weight excluding hydrogens is 180 g/mol. The highest BCUT2D eigenvalue weighted by molar-refractivity contribution is 5.67. The monoisotopic (exact) mass is 200 g/mol. The molecule has 2 N–H and O–H groups in total. The number of likely N-dealkylation sites (N-methyl/N-ethyl adjacent to an activating group) is 1. The van der Waals surface area contributed by atoms with Crippen LogP contribution in [0.1, 0.15) is 26.7 Å². The van der Waals surface area contributed by atoms with E-state index in [1.54, 1.807) is 0 Å². The quantitative estimate of drug-likeness (QED) is 0.680. The van der Waals surface area contributed by atoms with Crippen molar-refractivity contribution in [2.75, 3.05) is 19.6 Å². The second-order valence-corrected chi connectivity index (χ2v) is 3.92. The summed E-state index contributed by atoms with van der Waals surface area (Å²) in [6.07, 6.45) is 1.38. The molecule has 0 aromatic heterocycles. The molecular formula is C10H20N2O2. The largest absolute Gasteiger partial charge is 0.481 e. The van der Waals surface area contributed by atoms with Crippen molar-refractivity contribution in [2.24, 2.45) is 0 Å². The molecule has 82 valence electrons. The number of aliphatic carboxylic acids is 1. The first-order valence-corrected chi connectivity index (χ1v) is 5.33. The van der Waals surface area contributed by atoms with Crippen molar-refractivity contribution in [2.45, 2.75) is 38.8 Å². The third-order valence-corrected chi connectivity index (χ3v) is 2.90. The van der Waals surface area contributed by atoms with Crippen LogP contribution in [0.3, 0.4) is 0 Å². The Hall–Kier alpha value is -0.610. The van der Waals surface area contributed by atoms with E-state index in [0.29, 0.717) is 6.04 Å². The molecule has 1 rings (SSSR count). The summed E-state index contributed by atoms with van der Waals surface area (Å²) in [5.41, 5.74) is 0. The molecule has 1 aliphatic rings. The van der Waals surface area contributed by atoms with Gasteiger partial charge in [-0.25, -0.2) is 0 Å². The van der Waals surface area contributed by atoms with Crippen LogP contribution in [-0.4, -0.2) is 47.7 Å². The summed E-state index contributed by atoms with van der Waals surface area (Å²) in [6, 6.07) is 0.664. The minimum absolute atomic E-state index is 0.141. The molecule has 4 nitrogen and oxygen atoms in total. The Bertz CT molecular complexity index is 191. The number of nitrogens with one attached hydrogen (secondary N) is 1. The fraction of sp³-hybridized carbons (Fsp3) is 0.900. The average Bonchev–Trinajstić information content (AvgIpc) is 2.57. The maximum absolute atomic E-state index is 10.6. The Balaban J connectivity index is 2.46. The van der Waals surface area contributed by atoms with Crippen LogP contribution in [0.25, 0.3) is 0 Å². The van der Waals surface area contributed by atoms with Crippen molar-refractivity contribution in [3.05, 3.63) is 0 Å². The molecule has 1 saturated heterocycles. The summed E-state index contributed by atoms with van der Waals surface area (Å²) in [5.74, 6) is -0.707. The van der Waals surface area contributed by atoms with Crippen molar-refractivity contribution < 1.29 is 9.90 Å². The van der Waals surface area contributed by atoms with E-state index in [1.807, 2.05) is 6.92 Å². The summed E-state index contributed by atoms with van der Waals surface area (Å²) in [6.45, 7) is 7.08. The smallest absolute Gasteiger partial charge is 0.304 e. The SMILES string of the molecule is CCN(C(C)CC(=O)O)C1CCNC1. The van der Waals surface area contributed by atoms with Crippen LogP contribution in [-0.2, 0) is 4.79 Å². The van der Waals surface area contributed by atoms with Crippen LogP contribution in [0.5, 0.6) is 0 Å². The molecule has 0 bridgehead atoms. The molecule has 1 heterocycles. The molecule has 0 aromatic rings. The Morgan fingerprint density at radius 2 is 2.43 bits per heavy atom. The van der Waals surface area contributed by atoms with Gasteiger partial charge in [0.15, 0.2) is 0 Å². The van der Waals surface area contributed by atoms with Gasteiger partial charge < -0.3 is 10.4 Å². The predicted octanol–water partition coefficient (Wildman–Crippen LogP) is 0.533. The number of carbonyl (C=O) groups is 1. The molecule has 0 aliphatic carbocycles. The first-order chi connectivity index (χ1) is 6.65. The van der Waals surface area contributed by atoms with Crippen molar-refractivity contribution in [1.29, 1.82) is 0 Å². The lowest BCUT2D eigenvalue weighted by atomic mass is 10.1. The van der Waals surface area contributed by atoms with Crippen molar-refractivity contribution in [3.8, 4) is 0 Å². The van der Waals surface area contributed by atoms with Crippen LogP contribution >= 0.6 is 0 Å². The topological polar surface area (TPSA) is 52.6 Å². The Kier molecular flexibility index (Phi) is 4.35. The van der Waals surface area contributed by atoms with Gasteiger partial charge in [0.2, 0.25) is 0 Å². The second-order valence-electron chi connectivity index (χ2n) is 3.92. The first-order valence-electron chi connectivity index (χ1n) is 5.33. The van der Waals surface area contributed by atoms with E-state index < -0.39 is 5.97 Å². The lowest BCUT2D eigenvalue weighted by molar-refractivity contribution is -0.138. The highest BCUT2D eigenvalue weighted by Gasteiger charge is 2.25. The zero-order valence-corrected chi connectivity index (χ0v) is 8.99. The van der Waals surface area contributed by atoms with Crippen molar-refractivity contribution in [3.63, 3.8) is 0 Å². The normalized spacial score (nSPS) is 24.1. The molecule has 1 aliphatic heterocycles. The van der Waals surface area contributed by atoms with Gasteiger partial charge in [-0.15, -0.1) is 0 Å². The number of hydrogen-bond donors (Lipinski definition) is 2. The van der Waals surface area contributed by atoms with Gasteiger partial charge >= 0.3 is 5.97 Å². The molecule has 0 radical (unpaired) electrons. The van der Waals surface area contributed by atoms with Crippen LogP contribution < -0.4 is 5.32 Å². The van der Waals surface area contributed by atoms with E-state index in [-0.39, 0.29) is 12.5 Å². The highest BCUT2D eigenvalue weighted by atomic mass is 16.4. The number of carboxylic acids is 1. The maximum Gasteiger partial charge on any atom is 0.304 e. The van der Waals surface area contributed by atoms with Crippen molar-refractivity contribution in [1.82, 2.24) is 10.2 Å². The van der Waals surface area contributed by atoms with Gasteiger partial charge in [-0.2, -0.15) is 0 Å². The van der Waals surface area contributed by atoms with E-state index >= 15 is 0 Å². The summed E-state index contributed by atoms with van der Waals surface area (Å²) >= 11 is 0. The molecule has 2 unspecified atom stereocenters. The molecule has 0 amide bonds. The van der Waals surface area contributed by atoms with E-state index in [0.717, 1.165) is 26.1 Å². The lowest BCUT2D eigenvalue weighted by Crippen LogP contribution is -2.43. The van der Waals surface area contributed by atoms with E-state index in [1.165, 1.54) is 0 Å².